The molecule has 1 aliphatic heterocycles. The van der Waals surface area contributed by atoms with E-state index in [1.165, 1.54) is 0 Å². The zero-order valence-electron chi connectivity index (χ0n) is 14.3. The Morgan fingerprint density at radius 3 is 2.92 bits per heavy atom. The number of nitrogens with one attached hydrogen (secondary N) is 1. The molecule has 2 heterocycles. The van der Waals surface area contributed by atoms with Gasteiger partial charge >= 0.3 is 0 Å². The lowest BCUT2D eigenvalue weighted by molar-refractivity contribution is -0.127. The average Bonchev–Trinajstić information content (AvgIpc) is 2.96. The van der Waals surface area contributed by atoms with Crippen LogP contribution in [0.2, 0.25) is 0 Å². The molecule has 3 rings (SSSR count). The molecule has 2 aromatic rings. The SMILES string of the molecule is Cn1cncc1CN1C(=O)[C@@H](NC(=O)CCN)CCc2ccccc21. The second-order valence-electron chi connectivity index (χ2n) is 6.25. The number of hydrogen-bond acceptors (Lipinski definition) is 4. The molecule has 7 heteroatoms. The van der Waals surface area contributed by atoms with Crippen molar-refractivity contribution in [2.24, 2.45) is 12.8 Å². The molecule has 0 radical (unpaired) electrons. The molecule has 2 amide bonds. The van der Waals surface area contributed by atoms with Gasteiger partial charge in [-0.15, -0.1) is 0 Å². The fourth-order valence-corrected chi connectivity index (χ4v) is 3.11. The number of nitrogens with zero attached hydrogens (tertiary/aromatic N) is 3. The van der Waals surface area contributed by atoms with E-state index >= 15 is 0 Å². The third-order valence-electron chi connectivity index (χ3n) is 4.49. The smallest absolute Gasteiger partial charge is 0.249 e. The van der Waals surface area contributed by atoms with E-state index in [0.717, 1.165) is 23.4 Å². The van der Waals surface area contributed by atoms with Gasteiger partial charge in [0.15, 0.2) is 0 Å². The lowest BCUT2D eigenvalue weighted by atomic mass is 10.1. The molecule has 1 aliphatic rings. The standard InChI is InChI=1S/C18H23N5O2/c1-22-12-20-10-14(22)11-23-16-5-3-2-4-13(16)6-7-15(18(23)25)21-17(24)8-9-19/h2-5,10,12,15H,6-9,11,19H2,1H3,(H,21,24)/t15-/m0/s1. The molecule has 1 aromatic carbocycles. The lowest BCUT2D eigenvalue weighted by Crippen LogP contribution is -2.48. The van der Waals surface area contributed by atoms with E-state index in [9.17, 15) is 9.59 Å². The number of anilines is 1. The van der Waals surface area contributed by atoms with Crippen molar-refractivity contribution in [2.45, 2.75) is 31.8 Å². The number of imidazole rings is 1. The molecule has 0 unspecified atom stereocenters. The minimum atomic E-state index is -0.542. The predicted molar refractivity (Wildman–Crippen MR) is 94.8 cm³/mol. The molecular formula is C18H23N5O2. The van der Waals surface area contributed by atoms with Gasteiger partial charge < -0.3 is 20.5 Å². The first-order valence-corrected chi connectivity index (χ1v) is 8.44. The Bertz CT molecular complexity index is 770. The number of para-hydroxylation sites is 1. The van der Waals surface area contributed by atoms with Crippen LogP contribution in [-0.2, 0) is 29.6 Å². The van der Waals surface area contributed by atoms with Gasteiger partial charge in [-0.3, -0.25) is 9.59 Å². The van der Waals surface area contributed by atoms with E-state index in [1.54, 1.807) is 17.4 Å². The largest absolute Gasteiger partial charge is 0.344 e. The zero-order chi connectivity index (χ0) is 17.8. The lowest BCUT2D eigenvalue weighted by Gasteiger charge is -2.26. The Kier molecular flexibility index (Phi) is 5.14. The van der Waals surface area contributed by atoms with Gasteiger partial charge in [-0.05, 0) is 24.5 Å². The van der Waals surface area contributed by atoms with Crippen molar-refractivity contribution in [3.05, 3.63) is 48.0 Å². The second-order valence-corrected chi connectivity index (χ2v) is 6.25. The number of nitrogens with two attached hydrogens (primary N) is 1. The van der Waals surface area contributed by atoms with Crippen LogP contribution in [0.5, 0.6) is 0 Å². The van der Waals surface area contributed by atoms with Crippen molar-refractivity contribution in [3.8, 4) is 0 Å². The highest BCUT2D eigenvalue weighted by Gasteiger charge is 2.31. The summed E-state index contributed by atoms with van der Waals surface area (Å²) in [4.78, 5) is 30.9. The number of aryl methyl sites for hydroxylation is 2. The minimum absolute atomic E-state index is 0.100. The molecule has 1 aromatic heterocycles. The molecule has 0 fully saturated rings. The third kappa shape index (κ3) is 3.71. The van der Waals surface area contributed by atoms with Crippen LogP contribution < -0.4 is 16.0 Å². The van der Waals surface area contributed by atoms with Gasteiger partial charge in [0.05, 0.1) is 18.6 Å². The van der Waals surface area contributed by atoms with E-state index in [-0.39, 0.29) is 24.8 Å². The molecule has 7 nitrogen and oxygen atoms in total. The fraction of sp³-hybridized carbons (Fsp3) is 0.389. The third-order valence-corrected chi connectivity index (χ3v) is 4.49. The summed E-state index contributed by atoms with van der Waals surface area (Å²) in [5.74, 6) is -0.288. The highest BCUT2D eigenvalue weighted by molar-refractivity contribution is 6.00. The van der Waals surface area contributed by atoms with Crippen molar-refractivity contribution in [1.29, 1.82) is 0 Å². The number of rotatable bonds is 5. The van der Waals surface area contributed by atoms with Gasteiger partial charge in [-0.2, -0.15) is 0 Å². The summed E-state index contributed by atoms with van der Waals surface area (Å²) in [6.07, 6.45) is 5.00. The van der Waals surface area contributed by atoms with Crippen molar-refractivity contribution >= 4 is 17.5 Å². The first kappa shape index (κ1) is 17.2. The highest BCUT2D eigenvalue weighted by atomic mass is 16.2. The van der Waals surface area contributed by atoms with Gasteiger partial charge in [0.25, 0.3) is 0 Å². The maximum absolute atomic E-state index is 13.1. The van der Waals surface area contributed by atoms with E-state index in [0.29, 0.717) is 13.0 Å². The Morgan fingerprint density at radius 1 is 1.40 bits per heavy atom. The van der Waals surface area contributed by atoms with Crippen molar-refractivity contribution in [1.82, 2.24) is 14.9 Å². The number of benzene rings is 1. The molecule has 0 saturated carbocycles. The summed E-state index contributed by atoms with van der Waals surface area (Å²) in [5.41, 5.74) is 8.36. The van der Waals surface area contributed by atoms with Crippen LogP contribution in [0.15, 0.2) is 36.8 Å². The number of carbonyl (C=O) groups excluding carboxylic acids is 2. The zero-order valence-corrected chi connectivity index (χ0v) is 14.3. The van der Waals surface area contributed by atoms with Crippen LogP contribution >= 0.6 is 0 Å². The molecule has 25 heavy (non-hydrogen) atoms. The maximum Gasteiger partial charge on any atom is 0.249 e. The van der Waals surface area contributed by atoms with Crippen LogP contribution in [0.4, 0.5) is 5.69 Å². The normalized spacial score (nSPS) is 17.1. The summed E-state index contributed by atoms with van der Waals surface area (Å²) >= 11 is 0. The second kappa shape index (κ2) is 7.48. The van der Waals surface area contributed by atoms with Gasteiger partial charge in [0, 0.05) is 31.9 Å². The van der Waals surface area contributed by atoms with Crippen molar-refractivity contribution in [3.63, 3.8) is 0 Å². The Hall–Kier alpha value is -2.67. The van der Waals surface area contributed by atoms with Gasteiger partial charge in [0.2, 0.25) is 11.8 Å². The number of hydrogen-bond donors (Lipinski definition) is 2. The van der Waals surface area contributed by atoms with Gasteiger partial charge in [-0.25, -0.2) is 4.98 Å². The molecule has 0 bridgehead atoms. The molecule has 0 saturated heterocycles. The van der Waals surface area contributed by atoms with Crippen LogP contribution in [0, 0.1) is 0 Å². The summed E-state index contributed by atoms with van der Waals surface area (Å²) in [7, 11) is 1.90. The van der Waals surface area contributed by atoms with Crippen molar-refractivity contribution in [2.75, 3.05) is 11.4 Å². The van der Waals surface area contributed by atoms with E-state index in [1.807, 2.05) is 35.9 Å². The molecular weight excluding hydrogens is 318 g/mol. The maximum atomic E-state index is 13.1. The topological polar surface area (TPSA) is 93.2 Å². The monoisotopic (exact) mass is 341 g/mol. The number of carbonyl (C=O) groups is 2. The Labute approximate surface area is 146 Å². The quantitative estimate of drug-likeness (QED) is 0.838. The van der Waals surface area contributed by atoms with Crippen LogP contribution in [0.1, 0.15) is 24.1 Å². The van der Waals surface area contributed by atoms with Crippen molar-refractivity contribution < 1.29 is 9.59 Å². The van der Waals surface area contributed by atoms with Gasteiger partial charge in [-0.1, -0.05) is 18.2 Å². The Morgan fingerprint density at radius 2 is 2.20 bits per heavy atom. The summed E-state index contributed by atoms with van der Waals surface area (Å²) in [6, 6.07) is 7.34. The predicted octanol–water partition coefficient (Wildman–Crippen LogP) is 0.733. The number of fused-ring (bicyclic) bond motifs is 1. The Balaban J connectivity index is 1.90. The molecule has 3 N–H and O–H groups in total. The van der Waals surface area contributed by atoms with Gasteiger partial charge in [0.1, 0.15) is 6.04 Å². The fourth-order valence-electron chi connectivity index (χ4n) is 3.11. The number of aromatic nitrogens is 2. The molecule has 132 valence electrons. The number of amides is 2. The summed E-state index contributed by atoms with van der Waals surface area (Å²) in [5, 5.41) is 2.84. The van der Waals surface area contributed by atoms with Crippen LogP contribution in [0.25, 0.3) is 0 Å². The minimum Gasteiger partial charge on any atom is -0.344 e. The summed E-state index contributed by atoms with van der Waals surface area (Å²) < 4.78 is 1.89. The van der Waals surface area contributed by atoms with Crippen LogP contribution in [-0.4, -0.2) is 34.0 Å². The average molecular weight is 341 g/mol. The van der Waals surface area contributed by atoms with E-state index < -0.39 is 6.04 Å². The van der Waals surface area contributed by atoms with E-state index in [2.05, 4.69) is 10.3 Å². The highest BCUT2D eigenvalue weighted by Crippen LogP contribution is 2.28. The first-order chi connectivity index (χ1) is 12.1. The van der Waals surface area contributed by atoms with E-state index in [4.69, 9.17) is 5.73 Å². The van der Waals surface area contributed by atoms with Crippen LogP contribution in [0.3, 0.4) is 0 Å². The summed E-state index contributed by atoms with van der Waals surface area (Å²) in [6.45, 7) is 0.682. The first-order valence-electron chi connectivity index (χ1n) is 8.44. The molecule has 0 spiro atoms. The molecule has 0 aliphatic carbocycles. The molecule has 1 atom stereocenters.